The van der Waals surface area contributed by atoms with Crippen LogP contribution in [0.3, 0.4) is 0 Å². The van der Waals surface area contributed by atoms with E-state index < -0.39 is 24.3 Å². The van der Waals surface area contributed by atoms with Crippen LogP contribution in [0.25, 0.3) is 0 Å². The number of hydrogen-bond donors (Lipinski definition) is 0. The van der Waals surface area contributed by atoms with Crippen LogP contribution in [0.1, 0.15) is 245 Å². The van der Waals surface area contributed by atoms with Gasteiger partial charge in [-0.15, -0.1) is 0 Å². The Morgan fingerprint density at radius 2 is 0.781 bits per heavy atom. The van der Waals surface area contributed by atoms with Crippen molar-refractivity contribution in [2.24, 2.45) is 0 Å². The fourth-order valence-electron chi connectivity index (χ4n) is 8.06. The summed E-state index contributed by atoms with van der Waals surface area (Å²) in [4.78, 5) is 37.3. The molecule has 0 saturated heterocycles. The standard InChI is InChI=1S/C64H111NO8/c1-6-8-10-12-14-16-18-20-22-24-26-27-28-29-30-31-32-33-34-35-37-39-41-43-45-47-49-51-53-55-62(67)73-60(59-72-64(63(68)69)70-57-56-65(3,4)5)58-71-61(66)54-52-50-48-46-44-42-40-38-36-25-23-21-19-17-15-13-11-9-7-2/h8,10,14-17,20-23,26-27,36,38,60,64H,6-7,9,11-13,18-19,24-25,28-35,37,39-59H2,1-5H3/b10-8-,16-14-,17-15-,22-20-,23-21-,27-26-,38-36-. The SMILES string of the molecule is CC/C=C\C/C=C\C/C=C\C/C=C\CCCCCCCCCCCCCCCCCCC(=O)OC(COC(=O)CCCCCCCC/C=C\C/C=C\C/C=C\CCCCC)COC(OCC[N+](C)(C)C)C(=O)[O-]. The summed E-state index contributed by atoms with van der Waals surface area (Å²) in [5, 5.41) is 11.8. The average Bonchev–Trinajstić information content (AvgIpc) is 3.36. The molecule has 420 valence electrons. The zero-order chi connectivity index (χ0) is 53.4. The highest BCUT2D eigenvalue weighted by atomic mass is 16.7. The van der Waals surface area contributed by atoms with E-state index in [0.717, 1.165) is 89.9 Å². The van der Waals surface area contributed by atoms with Crippen LogP contribution in [0, 0.1) is 0 Å². The summed E-state index contributed by atoms with van der Waals surface area (Å²) in [6, 6.07) is 0. The third-order valence-corrected chi connectivity index (χ3v) is 12.6. The van der Waals surface area contributed by atoms with E-state index in [1.54, 1.807) is 0 Å². The second-order valence-electron chi connectivity index (χ2n) is 20.9. The van der Waals surface area contributed by atoms with Crippen molar-refractivity contribution in [2.75, 3.05) is 47.5 Å². The largest absolute Gasteiger partial charge is 0.545 e. The minimum absolute atomic E-state index is 0.143. The van der Waals surface area contributed by atoms with Crippen LogP contribution in [0.15, 0.2) is 85.1 Å². The Kier molecular flexibility index (Phi) is 52.1. The number of unbranched alkanes of at least 4 members (excludes halogenated alkanes) is 25. The molecule has 0 fully saturated rings. The predicted octanol–water partition coefficient (Wildman–Crippen LogP) is 16.2. The summed E-state index contributed by atoms with van der Waals surface area (Å²) in [6.45, 7) is 4.60. The van der Waals surface area contributed by atoms with E-state index in [4.69, 9.17) is 18.9 Å². The number of rotatable bonds is 54. The van der Waals surface area contributed by atoms with E-state index in [-0.39, 0.29) is 38.6 Å². The number of ether oxygens (including phenoxy) is 4. The van der Waals surface area contributed by atoms with Crippen LogP contribution in [0.2, 0.25) is 0 Å². The number of nitrogens with zero attached hydrogens (tertiary/aromatic N) is 1. The summed E-state index contributed by atoms with van der Waals surface area (Å²) >= 11 is 0. The van der Waals surface area contributed by atoms with Crippen LogP contribution in [0.5, 0.6) is 0 Å². The number of aliphatic carboxylic acids is 1. The lowest BCUT2D eigenvalue weighted by Crippen LogP contribution is -2.44. The highest BCUT2D eigenvalue weighted by Gasteiger charge is 2.22. The van der Waals surface area contributed by atoms with Crippen molar-refractivity contribution in [3.05, 3.63) is 85.1 Å². The molecule has 0 heterocycles. The van der Waals surface area contributed by atoms with Gasteiger partial charge in [-0.1, -0.05) is 227 Å². The number of carbonyl (C=O) groups excluding carboxylic acids is 3. The first-order chi connectivity index (χ1) is 35.6. The van der Waals surface area contributed by atoms with Gasteiger partial charge in [-0.2, -0.15) is 0 Å². The minimum Gasteiger partial charge on any atom is -0.545 e. The summed E-state index contributed by atoms with van der Waals surface area (Å²) < 4.78 is 22.7. The van der Waals surface area contributed by atoms with Gasteiger partial charge in [0.25, 0.3) is 0 Å². The van der Waals surface area contributed by atoms with Crippen LogP contribution in [-0.4, -0.2) is 82.3 Å². The van der Waals surface area contributed by atoms with E-state index in [2.05, 4.69) is 98.9 Å². The molecule has 0 aliphatic heterocycles. The van der Waals surface area contributed by atoms with Gasteiger partial charge in [-0.25, -0.2) is 0 Å². The molecule has 73 heavy (non-hydrogen) atoms. The molecule has 2 atom stereocenters. The molecule has 2 unspecified atom stereocenters. The first-order valence-electron chi connectivity index (χ1n) is 29.7. The summed E-state index contributed by atoms with van der Waals surface area (Å²) in [5.41, 5.74) is 0. The number of carboxylic acid groups (broad SMARTS) is 1. The second-order valence-corrected chi connectivity index (χ2v) is 20.9. The van der Waals surface area contributed by atoms with Crippen LogP contribution < -0.4 is 5.11 Å². The maximum Gasteiger partial charge on any atom is 0.306 e. The number of carbonyl (C=O) groups is 3. The maximum absolute atomic E-state index is 12.9. The lowest BCUT2D eigenvalue weighted by Gasteiger charge is -2.26. The topological polar surface area (TPSA) is 111 Å². The molecule has 9 nitrogen and oxygen atoms in total. The monoisotopic (exact) mass is 1020 g/mol. The normalized spacial score (nSPS) is 13.4. The Hall–Kier alpha value is -3.53. The van der Waals surface area contributed by atoms with Gasteiger partial charge in [0.1, 0.15) is 13.2 Å². The van der Waals surface area contributed by atoms with Crippen LogP contribution in [0.4, 0.5) is 0 Å². The van der Waals surface area contributed by atoms with Gasteiger partial charge >= 0.3 is 11.9 Å². The van der Waals surface area contributed by atoms with Crippen molar-refractivity contribution in [2.45, 2.75) is 257 Å². The van der Waals surface area contributed by atoms with Gasteiger partial charge in [0.15, 0.2) is 12.4 Å². The van der Waals surface area contributed by atoms with E-state index in [1.807, 2.05) is 21.1 Å². The fraction of sp³-hybridized carbons (Fsp3) is 0.734. The van der Waals surface area contributed by atoms with Gasteiger partial charge in [0.2, 0.25) is 0 Å². The maximum atomic E-state index is 12.9. The summed E-state index contributed by atoms with van der Waals surface area (Å²) in [7, 11) is 5.92. The minimum atomic E-state index is -1.63. The van der Waals surface area contributed by atoms with Crippen LogP contribution >= 0.6 is 0 Å². The van der Waals surface area contributed by atoms with Crippen molar-refractivity contribution < 1.29 is 42.9 Å². The van der Waals surface area contributed by atoms with E-state index in [9.17, 15) is 19.5 Å². The molecule has 0 aromatic carbocycles. The Morgan fingerprint density at radius 1 is 0.425 bits per heavy atom. The molecule has 9 heteroatoms. The second kappa shape index (κ2) is 54.7. The Labute approximate surface area is 449 Å². The molecule has 0 bridgehead atoms. The van der Waals surface area contributed by atoms with Gasteiger partial charge < -0.3 is 33.3 Å². The van der Waals surface area contributed by atoms with E-state index in [1.165, 1.54) is 122 Å². The Morgan fingerprint density at radius 3 is 1.16 bits per heavy atom. The van der Waals surface area contributed by atoms with Crippen molar-refractivity contribution >= 4 is 17.9 Å². The molecule has 0 amide bonds. The summed E-state index contributed by atoms with van der Waals surface area (Å²) in [6.07, 6.45) is 69.2. The molecule has 0 rings (SSSR count). The molecular weight excluding hydrogens is 911 g/mol. The molecule has 0 aliphatic rings. The number of carboxylic acids is 1. The quantitative estimate of drug-likeness (QED) is 0.0195. The number of likely N-dealkylation sites (N-methyl/N-ethyl adjacent to an activating group) is 1. The molecular formula is C64H111NO8. The zero-order valence-electron chi connectivity index (χ0n) is 47.7. The lowest BCUT2D eigenvalue weighted by atomic mass is 10.0. The van der Waals surface area contributed by atoms with Gasteiger partial charge in [-0.05, 0) is 89.9 Å². The van der Waals surface area contributed by atoms with Crippen molar-refractivity contribution in [1.82, 2.24) is 0 Å². The lowest BCUT2D eigenvalue weighted by molar-refractivity contribution is -0.870. The van der Waals surface area contributed by atoms with E-state index >= 15 is 0 Å². The Balaban J connectivity index is 4.21. The highest BCUT2D eigenvalue weighted by Crippen LogP contribution is 2.16. The molecule has 0 aromatic heterocycles. The number of allylic oxidation sites excluding steroid dienone is 14. The molecule has 0 aliphatic carbocycles. The third kappa shape index (κ3) is 56.0. The van der Waals surface area contributed by atoms with Gasteiger partial charge in [0.05, 0.1) is 40.3 Å². The first kappa shape index (κ1) is 69.5. The first-order valence-corrected chi connectivity index (χ1v) is 29.7. The number of hydrogen-bond acceptors (Lipinski definition) is 8. The van der Waals surface area contributed by atoms with E-state index in [0.29, 0.717) is 17.4 Å². The van der Waals surface area contributed by atoms with Crippen molar-refractivity contribution in [3.8, 4) is 0 Å². The predicted molar refractivity (Wildman–Crippen MR) is 306 cm³/mol. The zero-order valence-corrected chi connectivity index (χ0v) is 47.7. The molecule has 0 radical (unpaired) electrons. The van der Waals surface area contributed by atoms with Crippen molar-refractivity contribution in [1.29, 1.82) is 0 Å². The van der Waals surface area contributed by atoms with Crippen LogP contribution in [-0.2, 0) is 33.3 Å². The highest BCUT2D eigenvalue weighted by molar-refractivity contribution is 5.70. The fourth-order valence-corrected chi connectivity index (χ4v) is 8.06. The summed E-state index contributed by atoms with van der Waals surface area (Å²) in [5.74, 6) is -2.30. The molecule has 0 aromatic rings. The molecule has 0 saturated carbocycles. The Bertz CT molecular complexity index is 1470. The molecule has 0 spiro atoms. The van der Waals surface area contributed by atoms with Gasteiger partial charge in [-0.3, -0.25) is 9.59 Å². The third-order valence-electron chi connectivity index (χ3n) is 12.6. The average molecular weight is 1020 g/mol. The number of quaternary nitrogens is 1. The van der Waals surface area contributed by atoms with Crippen molar-refractivity contribution in [3.63, 3.8) is 0 Å². The molecule has 0 N–H and O–H groups in total. The van der Waals surface area contributed by atoms with Gasteiger partial charge in [0, 0.05) is 12.8 Å². The smallest absolute Gasteiger partial charge is 0.306 e. The number of esters is 2.